The molecule has 0 aliphatic heterocycles. The molecule has 0 N–H and O–H groups in total. The van der Waals surface area contributed by atoms with Crippen LogP contribution in [0.1, 0.15) is 24.0 Å². The van der Waals surface area contributed by atoms with Gasteiger partial charge < -0.3 is 4.57 Å². The van der Waals surface area contributed by atoms with E-state index in [2.05, 4.69) is 79.2 Å². The average Bonchev–Trinajstić information content (AvgIpc) is 3.02. The van der Waals surface area contributed by atoms with Crippen LogP contribution >= 0.6 is 0 Å². The maximum Gasteiger partial charge on any atom is 0.0492 e. The Balaban J connectivity index is 2.02. The van der Waals surface area contributed by atoms with Gasteiger partial charge in [-0.05, 0) is 34.4 Å². The summed E-state index contributed by atoms with van der Waals surface area (Å²) in [5.74, 6) is 0.459. The van der Waals surface area contributed by atoms with E-state index in [0.717, 1.165) is 0 Å². The van der Waals surface area contributed by atoms with Crippen molar-refractivity contribution in [1.82, 2.24) is 4.57 Å². The molecule has 0 fully saturated rings. The van der Waals surface area contributed by atoms with E-state index in [4.69, 9.17) is 0 Å². The van der Waals surface area contributed by atoms with Crippen molar-refractivity contribution in [3.8, 4) is 11.1 Å². The highest BCUT2D eigenvalue weighted by molar-refractivity contribution is 6.12. The standard InChI is InChI=1S/C21H17N/c1-13-14-7-3-4-8-15(14)16-11-12-19-21(20(13)16)17-9-5-6-10-18(17)22(19)2/h3-13H,1-2H3. The first-order chi connectivity index (χ1) is 10.8. The molecule has 1 aliphatic carbocycles. The van der Waals surface area contributed by atoms with Gasteiger partial charge in [0.1, 0.15) is 0 Å². The van der Waals surface area contributed by atoms with E-state index in [1.165, 1.54) is 44.1 Å². The fourth-order valence-electron chi connectivity index (χ4n) is 4.24. The van der Waals surface area contributed by atoms with E-state index in [0.29, 0.717) is 5.92 Å². The Hall–Kier alpha value is -2.54. The van der Waals surface area contributed by atoms with Crippen LogP contribution in [0.2, 0.25) is 0 Å². The van der Waals surface area contributed by atoms with Gasteiger partial charge in [-0.15, -0.1) is 0 Å². The first-order valence-electron chi connectivity index (χ1n) is 7.86. The van der Waals surface area contributed by atoms with E-state index >= 15 is 0 Å². The van der Waals surface area contributed by atoms with Crippen LogP contribution < -0.4 is 0 Å². The summed E-state index contributed by atoms with van der Waals surface area (Å²) in [5.41, 5.74) is 8.41. The molecule has 0 radical (unpaired) electrons. The van der Waals surface area contributed by atoms with E-state index in [1.54, 1.807) is 0 Å². The van der Waals surface area contributed by atoms with E-state index < -0.39 is 0 Å². The summed E-state index contributed by atoms with van der Waals surface area (Å²) in [6.07, 6.45) is 0. The third-order valence-electron chi connectivity index (χ3n) is 5.27. The predicted octanol–water partition coefficient (Wildman–Crippen LogP) is 5.46. The molecule has 4 aromatic rings. The van der Waals surface area contributed by atoms with Crippen molar-refractivity contribution >= 4 is 21.8 Å². The first kappa shape index (κ1) is 12.0. The van der Waals surface area contributed by atoms with Crippen LogP contribution in [0.5, 0.6) is 0 Å². The number of para-hydroxylation sites is 1. The van der Waals surface area contributed by atoms with Crippen molar-refractivity contribution in [3.05, 3.63) is 71.8 Å². The molecule has 1 unspecified atom stereocenters. The fraction of sp³-hybridized carbons (Fsp3) is 0.143. The molecule has 22 heavy (non-hydrogen) atoms. The Labute approximate surface area is 129 Å². The van der Waals surface area contributed by atoms with Crippen LogP contribution in [-0.4, -0.2) is 4.57 Å². The molecule has 0 saturated heterocycles. The second-order valence-corrected chi connectivity index (χ2v) is 6.31. The Morgan fingerprint density at radius 3 is 2.45 bits per heavy atom. The van der Waals surface area contributed by atoms with Crippen LogP contribution in [0, 0.1) is 0 Å². The second kappa shape index (κ2) is 4.01. The molecule has 106 valence electrons. The van der Waals surface area contributed by atoms with Gasteiger partial charge in [0.05, 0.1) is 0 Å². The quantitative estimate of drug-likeness (QED) is 0.403. The number of hydrogen-bond donors (Lipinski definition) is 0. The third kappa shape index (κ3) is 1.29. The lowest BCUT2D eigenvalue weighted by Crippen LogP contribution is -1.91. The van der Waals surface area contributed by atoms with Crippen molar-refractivity contribution in [3.63, 3.8) is 0 Å². The summed E-state index contributed by atoms with van der Waals surface area (Å²) in [6.45, 7) is 2.34. The molecule has 5 rings (SSSR count). The van der Waals surface area contributed by atoms with Crippen molar-refractivity contribution in [2.24, 2.45) is 7.05 Å². The van der Waals surface area contributed by atoms with Gasteiger partial charge in [0.25, 0.3) is 0 Å². The lowest BCUT2D eigenvalue weighted by Gasteiger charge is -2.08. The Morgan fingerprint density at radius 2 is 1.55 bits per heavy atom. The summed E-state index contributed by atoms with van der Waals surface area (Å²) < 4.78 is 2.32. The Morgan fingerprint density at radius 1 is 0.773 bits per heavy atom. The maximum absolute atomic E-state index is 2.34. The van der Waals surface area contributed by atoms with Crippen molar-refractivity contribution in [2.75, 3.05) is 0 Å². The lowest BCUT2D eigenvalue weighted by atomic mass is 9.95. The summed E-state index contributed by atoms with van der Waals surface area (Å²) in [7, 11) is 2.17. The van der Waals surface area contributed by atoms with Gasteiger partial charge in [-0.2, -0.15) is 0 Å². The molecule has 0 spiro atoms. The number of aromatic nitrogens is 1. The molecule has 1 heterocycles. The van der Waals surface area contributed by atoms with Crippen molar-refractivity contribution < 1.29 is 0 Å². The smallest absolute Gasteiger partial charge is 0.0492 e. The monoisotopic (exact) mass is 283 g/mol. The van der Waals surface area contributed by atoms with Gasteiger partial charge in [-0.1, -0.05) is 55.5 Å². The molecule has 1 heteroatoms. The summed E-state index contributed by atoms with van der Waals surface area (Å²) in [5, 5.41) is 2.80. The number of fused-ring (bicyclic) bond motifs is 7. The molecule has 0 bridgehead atoms. The molecule has 0 amide bonds. The third-order valence-corrected chi connectivity index (χ3v) is 5.27. The molecular formula is C21H17N. The van der Waals surface area contributed by atoms with E-state index in [1.807, 2.05) is 0 Å². The predicted molar refractivity (Wildman–Crippen MR) is 93.4 cm³/mol. The largest absolute Gasteiger partial charge is 0.344 e. The van der Waals surface area contributed by atoms with Crippen molar-refractivity contribution in [2.45, 2.75) is 12.8 Å². The zero-order valence-electron chi connectivity index (χ0n) is 12.8. The highest BCUT2D eigenvalue weighted by Gasteiger charge is 2.28. The van der Waals surface area contributed by atoms with Gasteiger partial charge in [-0.3, -0.25) is 0 Å². The average molecular weight is 283 g/mol. The summed E-state index contributed by atoms with van der Waals surface area (Å²) >= 11 is 0. The lowest BCUT2D eigenvalue weighted by molar-refractivity contribution is 0.965. The highest BCUT2D eigenvalue weighted by atomic mass is 14.9. The summed E-state index contributed by atoms with van der Waals surface area (Å²) in [4.78, 5) is 0. The van der Waals surface area contributed by atoms with Gasteiger partial charge in [0, 0.05) is 34.8 Å². The second-order valence-electron chi connectivity index (χ2n) is 6.31. The number of aryl methyl sites for hydroxylation is 1. The normalized spacial score (nSPS) is 16.2. The van der Waals surface area contributed by atoms with E-state index in [-0.39, 0.29) is 0 Å². The minimum absolute atomic E-state index is 0.459. The molecule has 1 aromatic heterocycles. The molecule has 1 aliphatic rings. The molecule has 1 atom stereocenters. The van der Waals surface area contributed by atoms with Crippen LogP contribution in [0.25, 0.3) is 32.9 Å². The first-order valence-corrected chi connectivity index (χ1v) is 7.86. The molecule has 0 saturated carbocycles. The zero-order chi connectivity index (χ0) is 14.8. The topological polar surface area (TPSA) is 4.93 Å². The van der Waals surface area contributed by atoms with Gasteiger partial charge in [-0.25, -0.2) is 0 Å². The van der Waals surface area contributed by atoms with E-state index in [9.17, 15) is 0 Å². The molecule has 3 aromatic carbocycles. The number of rotatable bonds is 0. The number of benzene rings is 3. The van der Waals surface area contributed by atoms with Crippen LogP contribution in [-0.2, 0) is 7.05 Å². The van der Waals surface area contributed by atoms with Gasteiger partial charge in [0.2, 0.25) is 0 Å². The number of nitrogens with zero attached hydrogens (tertiary/aromatic N) is 1. The SMILES string of the molecule is CC1c2ccccc2-c2ccc3c(c21)c1ccccc1n3C. The van der Waals surface area contributed by atoms with Gasteiger partial charge >= 0.3 is 0 Å². The molecular weight excluding hydrogens is 266 g/mol. The van der Waals surface area contributed by atoms with Crippen LogP contribution in [0.15, 0.2) is 60.7 Å². The summed E-state index contributed by atoms with van der Waals surface area (Å²) in [6, 6.07) is 22.2. The number of hydrogen-bond acceptors (Lipinski definition) is 0. The Bertz CT molecular complexity index is 1050. The Kier molecular flexibility index (Phi) is 2.20. The fourth-order valence-corrected chi connectivity index (χ4v) is 4.24. The van der Waals surface area contributed by atoms with Crippen LogP contribution in [0.4, 0.5) is 0 Å². The molecule has 1 nitrogen and oxygen atoms in total. The zero-order valence-corrected chi connectivity index (χ0v) is 12.8. The van der Waals surface area contributed by atoms with Crippen LogP contribution in [0.3, 0.4) is 0 Å². The van der Waals surface area contributed by atoms with Crippen molar-refractivity contribution in [1.29, 1.82) is 0 Å². The minimum atomic E-state index is 0.459. The maximum atomic E-state index is 2.34. The minimum Gasteiger partial charge on any atom is -0.344 e. The van der Waals surface area contributed by atoms with Gasteiger partial charge in [0.15, 0.2) is 0 Å². The highest BCUT2D eigenvalue weighted by Crippen LogP contribution is 2.49.